The number of aromatic nitrogens is 2. The van der Waals surface area contributed by atoms with E-state index >= 15 is 0 Å². The number of thiazole rings is 1. The van der Waals surface area contributed by atoms with Crippen LogP contribution in [0.1, 0.15) is 34.6 Å². The van der Waals surface area contributed by atoms with E-state index in [-0.39, 0.29) is 5.91 Å². The molecule has 0 unspecified atom stereocenters. The number of rotatable bonds is 3. The molecule has 0 radical (unpaired) electrons. The second kappa shape index (κ2) is 4.93. The summed E-state index contributed by atoms with van der Waals surface area (Å²) in [5.74, 6) is -0.224. The molecule has 112 valence electrons. The van der Waals surface area contributed by atoms with Crippen LogP contribution in [0, 0.1) is 0 Å². The Hall–Kier alpha value is -2.18. The van der Waals surface area contributed by atoms with Crippen LogP contribution >= 0.6 is 11.3 Å². The van der Waals surface area contributed by atoms with E-state index < -0.39 is 5.60 Å². The van der Waals surface area contributed by atoms with Crippen molar-refractivity contribution in [1.82, 2.24) is 9.97 Å². The third-order valence-electron chi connectivity index (χ3n) is 4.14. The summed E-state index contributed by atoms with van der Waals surface area (Å²) >= 11 is 1.34. The zero-order chi connectivity index (χ0) is 15.2. The summed E-state index contributed by atoms with van der Waals surface area (Å²) in [4.78, 5) is 20.4. The molecule has 5 nitrogen and oxygen atoms in total. The number of carbonyl (C=O) groups is 1. The van der Waals surface area contributed by atoms with Crippen molar-refractivity contribution in [2.24, 2.45) is 0 Å². The lowest BCUT2D eigenvalue weighted by Crippen LogP contribution is -2.32. The quantitative estimate of drug-likeness (QED) is 0.694. The summed E-state index contributed by atoms with van der Waals surface area (Å²) in [6.07, 6.45) is 4.23. The van der Waals surface area contributed by atoms with Crippen LogP contribution in [0.3, 0.4) is 0 Å². The highest BCUT2D eigenvalue weighted by Crippen LogP contribution is 2.44. The number of nitrogens with zero attached hydrogens (tertiary/aromatic N) is 1. The van der Waals surface area contributed by atoms with Crippen molar-refractivity contribution < 1.29 is 9.90 Å². The molecular weight excluding hydrogens is 298 g/mol. The van der Waals surface area contributed by atoms with Crippen molar-refractivity contribution in [3.05, 3.63) is 47.1 Å². The van der Waals surface area contributed by atoms with E-state index in [4.69, 9.17) is 0 Å². The lowest BCUT2D eigenvalue weighted by atomic mass is 9.79. The zero-order valence-electron chi connectivity index (χ0n) is 11.8. The Morgan fingerprint density at radius 1 is 1.36 bits per heavy atom. The predicted octanol–water partition coefficient (Wildman–Crippen LogP) is 3.25. The molecule has 0 spiro atoms. The van der Waals surface area contributed by atoms with Crippen LogP contribution in [-0.2, 0) is 5.60 Å². The highest BCUT2D eigenvalue weighted by Gasteiger charge is 2.38. The number of hydrogen-bond donors (Lipinski definition) is 3. The van der Waals surface area contributed by atoms with Gasteiger partial charge in [0.1, 0.15) is 11.3 Å². The van der Waals surface area contributed by atoms with Crippen molar-refractivity contribution in [2.75, 3.05) is 5.32 Å². The van der Waals surface area contributed by atoms with Gasteiger partial charge >= 0.3 is 0 Å². The Bertz CT molecular complexity index is 815. The zero-order valence-corrected chi connectivity index (χ0v) is 12.6. The molecule has 22 heavy (non-hydrogen) atoms. The third-order valence-corrected chi connectivity index (χ3v) is 5.25. The maximum atomic E-state index is 12.3. The molecule has 6 heteroatoms. The number of hydrogen-bond acceptors (Lipinski definition) is 4. The van der Waals surface area contributed by atoms with Gasteiger partial charge in [-0.1, -0.05) is 29.5 Å². The Balaban J connectivity index is 1.54. The molecule has 4 rings (SSSR count). The summed E-state index contributed by atoms with van der Waals surface area (Å²) in [6.45, 7) is 0. The maximum Gasteiger partial charge on any atom is 0.273 e. The smallest absolute Gasteiger partial charge is 0.273 e. The number of carbonyl (C=O) groups excluding carboxylic acids is 1. The number of benzene rings is 1. The van der Waals surface area contributed by atoms with E-state index in [9.17, 15) is 9.90 Å². The minimum atomic E-state index is -0.734. The van der Waals surface area contributed by atoms with Crippen molar-refractivity contribution in [3.8, 4) is 0 Å². The van der Waals surface area contributed by atoms with Crippen LogP contribution in [0.15, 0.2) is 36.5 Å². The number of H-pyrrole nitrogens is 1. The van der Waals surface area contributed by atoms with Gasteiger partial charge in [0.05, 0.1) is 4.88 Å². The largest absolute Gasteiger partial charge is 0.384 e. The Labute approximate surface area is 131 Å². The Kier molecular flexibility index (Phi) is 3.02. The molecule has 1 aliphatic rings. The second-order valence-corrected chi connectivity index (χ2v) is 6.67. The van der Waals surface area contributed by atoms with Gasteiger partial charge in [-0.05, 0) is 31.4 Å². The van der Waals surface area contributed by atoms with Crippen LogP contribution in [0.25, 0.3) is 10.9 Å². The first-order valence-corrected chi connectivity index (χ1v) is 8.03. The molecule has 1 amide bonds. The second-order valence-electron chi connectivity index (χ2n) is 5.64. The first kappa shape index (κ1) is 13.5. The highest BCUT2D eigenvalue weighted by molar-refractivity contribution is 7.15. The van der Waals surface area contributed by atoms with Crippen LogP contribution in [0.2, 0.25) is 0 Å². The van der Waals surface area contributed by atoms with Crippen molar-refractivity contribution in [1.29, 1.82) is 0 Å². The third kappa shape index (κ3) is 2.20. The number of anilines is 1. The average Bonchev–Trinajstić information content (AvgIpc) is 3.11. The number of aliphatic hydroxyl groups is 1. The van der Waals surface area contributed by atoms with Gasteiger partial charge in [0.15, 0.2) is 5.13 Å². The molecule has 0 bridgehead atoms. The molecule has 1 saturated carbocycles. The summed E-state index contributed by atoms with van der Waals surface area (Å²) in [6, 6.07) is 9.56. The Morgan fingerprint density at radius 3 is 2.91 bits per heavy atom. The number of para-hydroxylation sites is 1. The SMILES string of the molecule is O=C(Nc1ncc(C2(O)CCC2)s1)c1cc2ccccc2[nH]1. The van der Waals surface area contributed by atoms with E-state index in [1.54, 1.807) is 6.20 Å². The fraction of sp³-hybridized carbons (Fsp3) is 0.250. The lowest BCUT2D eigenvalue weighted by molar-refractivity contribution is -0.0356. The molecule has 0 aliphatic heterocycles. The van der Waals surface area contributed by atoms with Gasteiger partial charge in [0.2, 0.25) is 0 Å². The lowest BCUT2D eigenvalue weighted by Gasteiger charge is -2.35. The molecule has 0 atom stereocenters. The van der Waals surface area contributed by atoms with Gasteiger partial charge in [-0.3, -0.25) is 10.1 Å². The summed E-state index contributed by atoms with van der Waals surface area (Å²) < 4.78 is 0. The highest BCUT2D eigenvalue weighted by atomic mass is 32.1. The topological polar surface area (TPSA) is 78.0 Å². The Morgan fingerprint density at radius 2 is 2.18 bits per heavy atom. The average molecular weight is 313 g/mol. The number of fused-ring (bicyclic) bond motifs is 1. The summed E-state index contributed by atoms with van der Waals surface area (Å²) in [5, 5.41) is 14.6. The van der Waals surface area contributed by atoms with Gasteiger partial charge < -0.3 is 10.1 Å². The number of amides is 1. The molecule has 1 fully saturated rings. The maximum absolute atomic E-state index is 12.3. The summed E-state index contributed by atoms with van der Waals surface area (Å²) in [7, 11) is 0. The van der Waals surface area contributed by atoms with Crippen molar-refractivity contribution >= 4 is 33.3 Å². The van der Waals surface area contributed by atoms with Crippen molar-refractivity contribution in [2.45, 2.75) is 24.9 Å². The fourth-order valence-corrected chi connectivity index (χ4v) is 3.62. The van der Waals surface area contributed by atoms with E-state index in [0.717, 1.165) is 35.0 Å². The molecule has 2 heterocycles. The van der Waals surface area contributed by atoms with Gasteiger partial charge in [-0.25, -0.2) is 4.98 Å². The molecule has 2 aromatic heterocycles. The number of aromatic amines is 1. The van der Waals surface area contributed by atoms with Crippen LogP contribution in [0.4, 0.5) is 5.13 Å². The van der Waals surface area contributed by atoms with E-state index in [0.29, 0.717) is 10.8 Å². The van der Waals surface area contributed by atoms with Crippen molar-refractivity contribution in [3.63, 3.8) is 0 Å². The standard InChI is InChI=1S/C16H15N3O2S/c20-14(12-8-10-4-1-2-5-11(10)18-12)19-15-17-9-13(22-15)16(21)6-3-7-16/h1-2,4-5,8-9,18,21H,3,6-7H2,(H,17,19,20). The number of nitrogens with one attached hydrogen (secondary N) is 2. The van der Waals surface area contributed by atoms with E-state index in [1.807, 2.05) is 30.3 Å². The molecule has 0 saturated heterocycles. The van der Waals surface area contributed by atoms with Gasteiger partial charge in [0.25, 0.3) is 5.91 Å². The summed E-state index contributed by atoms with van der Waals surface area (Å²) in [5.41, 5.74) is 0.693. The first-order valence-electron chi connectivity index (χ1n) is 7.22. The monoisotopic (exact) mass is 313 g/mol. The van der Waals surface area contributed by atoms with E-state index in [2.05, 4.69) is 15.3 Å². The van der Waals surface area contributed by atoms with Crippen LogP contribution < -0.4 is 5.32 Å². The molecule has 3 aromatic rings. The van der Waals surface area contributed by atoms with Gasteiger partial charge in [0, 0.05) is 17.1 Å². The predicted molar refractivity (Wildman–Crippen MR) is 86.1 cm³/mol. The fourth-order valence-electron chi connectivity index (χ4n) is 2.67. The minimum Gasteiger partial charge on any atom is -0.384 e. The van der Waals surface area contributed by atoms with Crippen LogP contribution in [0.5, 0.6) is 0 Å². The van der Waals surface area contributed by atoms with Crippen LogP contribution in [-0.4, -0.2) is 21.0 Å². The molecule has 1 aromatic carbocycles. The first-order chi connectivity index (χ1) is 10.6. The molecule has 1 aliphatic carbocycles. The molecule has 3 N–H and O–H groups in total. The van der Waals surface area contributed by atoms with Gasteiger partial charge in [-0.15, -0.1) is 0 Å². The normalized spacial score (nSPS) is 16.4. The van der Waals surface area contributed by atoms with Gasteiger partial charge in [-0.2, -0.15) is 0 Å². The minimum absolute atomic E-state index is 0.224. The van der Waals surface area contributed by atoms with E-state index in [1.165, 1.54) is 11.3 Å². The molecular formula is C16H15N3O2S.